The zero-order valence-corrected chi connectivity index (χ0v) is 15.5. The van der Waals surface area contributed by atoms with Crippen LogP contribution in [0.1, 0.15) is 35.1 Å². The largest absolute Gasteiger partial charge is 0.481 e. The molecule has 2 N–H and O–H groups in total. The first-order valence-corrected chi connectivity index (χ1v) is 8.89. The highest BCUT2D eigenvalue weighted by Crippen LogP contribution is 2.26. The van der Waals surface area contributed by atoms with Gasteiger partial charge in [-0.25, -0.2) is 0 Å². The summed E-state index contributed by atoms with van der Waals surface area (Å²) in [7, 11) is 0. The number of hydrogen-bond donors (Lipinski definition) is 2. The van der Waals surface area contributed by atoms with E-state index in [1.165, 1.54) is 0 Å². The minimum Gasteiger partial charge on any atom is -0.481 e. The van der Waals surface area contributed by atoms with Crippen LogP contribution in [0.2, 0.25) is 0 Å². The van der Waals surface area contributed by atoms with Crippen LogP contribution in [-0.2, 0) is 17.8 Å². The van der Waals surface area contributed by atoms with Crippen molar-refractivity contribution in [3.63, 3.8) is 0 Å². The van der Waals surface area contributed by atoms with Gasteiger partial charge in [0.25, 0.3) is 0 Å². The third kappa shape index (κ3) is 6.98. The average molecular weight is 377 g/mol. The fraction of sp³-hybridized carbons (Fsp3) is 0.381. The maximum atomic E-state index is 12.5. The molecular formula is C21H25F2NO3. The first kappa shape index (κ1) is 20.8. The maximum absolute atomic E-state index is 12.5. The molecule has 0 aliphatic rings. The van der Waals surface area contributed by atoms with Crippen molar-refractivity contribution in [1.29, 1.82) is 0 Å². The molecule has 0 radical (unpaired) electrons. The highest BCUT2D eigenvalue weighted by molar-refractivity contribution is 5.66. The molecule has 0 aliphatic heterocycles. The summed E-state index contributed by atoms with van der Waals surface area (Å²) in [5, 5.41) is 12.4. The second-order valence-electron chi connectivity index (χ2n) is 6.64. The molecule has 0 heterocycles. The zero-order chi connectivity index (χ0) is 19.8. The van der Waals surface area contributed by atoms with E-state index in [0.29, 0.717) is 24.1 Å². The van der Waals surface area contributed by atoms with E-state index in [1.807, 2.05) is 42.5 Å². The van der Waals surface area contributed by atoms with E-state index < -0.39 is 12.6 Å². The Bertz CT molecular complexity index is 727. The van der Waals surface area contributed by atoms with Crippen molar-refractivity contribution in [2.75, 3.05) is 0 Å². The molecule has 0 aliphatic carbocycles. The molecular weight excluding hydrogens is 352 g/mol. The normalized spacial score (nSPS) is 12.2. The number of benzene rings is 2. The molecule has 2 aromatic carbocycles. The van der Waals surface area contributed by atoms with E-state index in [0.717, 1.165) is 17.5 Å². The molecule has 0 saturated carbocycles. The van der Waals surface area contributed by atoms with Gasteiger partial charge in [0.05, 0.1) is 0 Å². The minimum atomic E-state index is -2.85. The van der Waals surface area contributed by atoms with Crippen molar-refractivity contribution >= 4 is 5.97 Å². The number of hydrogen-bond acceptors (Lipinski definition) is 3. The van der Waals surface area contributed by atoms with Gasteiger partial charge < -0.3 is 15.2 Å². The molecule has 27 heavy (non-hydrogen) atoms. The Morgan fingerprint density at radius 3 is 2.30 bits per heavy atom. The van der Waals surface area contributed by atoms with E-state index in [-0.39, 0.29) is 18.2 Å². The summed E-state index contributed by atoms with van der Waals surface area (Å²) in [4.78, 5) is 10.9. The maximum Gasteiger partial charge on any atom is 0.387 e. The smallest absolute Gasteiger partial charge is 0.387 e. The zero-order valence-electron chi connectivity index (χ0n) is 15.5. The lowest BCUT2D eigenvalue weighted by Crippen LogP contribution is -2.31. The molecule has 6 heteroatoms. The summed E-state index contributed by atoms with van der Waals surface area (Å²) in [6.45, 7) is 1.14. The van der Waals surface area contributed by atoms with Gasteiger partial charge in [0.15, 0.2) is 0 Å². The van der Waals surface area contributed by atoms with Gasteiger partial charge >= 0.3 is 12.6 Å². The lowest BCUT2D eigenvalue weighted by molar-refractivity contribution is -0.137. The van der Waals surface area contributed by atoms with Crippen LogP contribution in [0, 0.1) is 13.8 Å². The number of carboxylic acids is 1. The Kier molecular flexibility index (Phi) is 7.73. The van der Waals surface area contributed by atoms with Crippen LogP contribution in [0.4, 0.5) is 8.78 Å². The number of rotatable bonds is 10. The van der Waals surface area contributed by atoms with Crippen LogP contribution in [0.15, 0.2) is 42.5 Å². The van der Waals surface area contributed by atoms with E-state index in [2.05, 4.69) is 10.1 Å². The van der Waals surface area contributed by atoms with Gasteiger partial charge in [-0.3, -0.25) is 4.79 Å². The second kappa shape index (κ2) is 10.0. The summed E-state index contributed by atoms with van der Waals surface area (Å²) in [5.41, 5.74) is 3.38. The summed E-state index contributed by atoms with van der Waals surface area (Å²) < 4.78 is 29.6. The molecule has 2 aromatic rings. The highest BCUT2D eigenvalue weighted by Gasteiger charge is 2.14. The average Bonchev–Trinajstić information content (AvgIpc) is 2.61. The van der Waals surface area contributed by atoms with Crippen molar-refractivity contribution in [1.82, 2.24) is 5.32 Å². The molecule has 0 spiro atoms. The number of alkyl halides is 2. The standard InChI is InChI=1S/C21H25F2NO3/c1-14-10-17(11-15(2)20(14)27-21(22)23)13-24-18(8-9-19(25)26)12-16-6-4-3-5-7-16/h3-7,10-11,18,21,24H,8-9,12-13H2,1-2H3,(H,25,26). The molecule has 0 bridgehead atoms. The van der Waals surface area contributed by atoms with Crippen LogP contribution in [0.5, 0.6) is 5.75 Å². The number of halogens is 2. The Labute approximate surface area is 158 Å². The highest BCUT2D eigenvalue weighted by atomic mass is 19.3. The van der Waals surface area contributed by atoms with Gasteiger partial charge in [-0.1, -0.05) is 42.5 Å². The molecule has 0 saturated heterocycles. The van der Waals surface area contributed by atoms with Crippen molar-refractivity contribution in [3.8, 4) is 5.75 Å². The SMILES string of the molecule is Cc1cc(CNC(CCC(=O)O)Cc2ccccc2)cc(C)c1OC(F)F. The van der Waals surface area contributed by atoms with Crippen molar-refractivity contribution in [3.05, 3.63) is 64.7 Å². The third-order valence-corrected chi connectivity index (χ3v) is 4.35. The molecule has 2 rings (SSSR count). The lowest BCUT2D eigenvalue weighted by Gasteiger charge is -2.19. The summed E-state index contributed by atoms with van der Waals surface area (Å²) >= 11 is 0. The van der Waals surface area contributed by atoms with Crippen LogP contribution in [0.3, 0.4) is 0 Å². The number of ether oxygens (including phenoxy) is 1. The van der Waals surface area contributed by atoms with Gasteiger partial charge in [0.1, 0.15) is 5.75 Å². The Hall–Kier alpha value is -2.47. The molecule has 0 aromatic heterocycles. The van der Waals surface area contributed by atoms with Crippen LogP contribution in [-0.4, -0.2) is 23.7 Å². The minimum absolute atomic E-state index is 0.00102. The fourth-order valence-corrected chi connectivity index (χ4v) is 3.15. The first-order chi connectivity index (χ1) is 12.8. The van der Waals surface area contributed by atoms with Gasteiger partial charge in [-0.05, 0) is 48.9 Å². The Balaban J connectivity index is 2.05. The fourth-order valence-electron chi connectivity index (χ4n) is 3.15. The number of aliphatic carboxylic acids is 1. The Morgan fingerprint density at radius 2 is 1.74 bits per heavy atom. The van der Waals surface area contributed by atoms with Gasteiger partial charge in [-0.15, -0.1) is 0 Å². The lowest BCUT2D eigenvalue weighted by atomic mass is 10.0. The molecule has 1 unspecified atom stereocenters. The van der Waals surface area contributed by atoms with Gasteiger partial charge in [0.2, 0.25) is 0 Å². The Morgan fingerprint density at radius 1 is 1.11 bits per heavy atom. The van der Waals surface area contributed by atoms with Crippen LogP contribution >= 0.6 is 0 Å². The van der Waals surface area contributed by atoms with Gasteiger partial charge in [-0.2, -0.15) is 8.78 Å². The van der Waals surface area contributed by atoms with Crippen molar-refractivity contribution in [2.24, 2.45) is 0 Å². The molecule has 4 nitrogen and oxygen atoms in total. The third-order valence-electron chi connectivity index (χ3n) is 4.35. The molecule has 146 valence electrons. The van der Waals surface area contributed by atoms with Crippen LogP contribution < -0.4 is 10.1 Å². The first-order valence-electron chi connectivity index (χ1n) is 8.89. The number of nitrogens with one attached hydrogen (secondary N) is 1. The van der Waals surface area contributed by atoms with E-state index >= 15 is 0 Å². The van der Waals surface area contributed by atoms with E-state index in [1.54, 1.807) is 13.8 Å². The van der Waals surface area contributed by atoms with Crippen molar-refractivity contribution < 1.29 is 23.4 Å². The van der Waals surface area contributed by atoms with Gasteiger partial charge in [0, 0.05) is 19.0 Å². The van der Waals surface area contributed by atoms with E-state index in [4.69, 9.17) is 5.11 Å². The number of carbonyl (C=O) groups is 1. The number of aryl methyl sites for hydroxylation is 2. The number of carboxylic acid groups (broad SMARTS) is 1. The molecule has 1 atom stereocenters. The second-order valence-corrected chi connectivity index (χ2v) is 6.64. The predicted molar refractivity (Wildman–Crippen MR) is 100 cm³/mol. The predicted octanol–water partition coefficient (Wildman–Crippen LogP) is 4.47. The summed E-state index contributed by atoms with van der Waals surface area (Å²) in [6.07, 6.45) is 1.32. The van der Waals surface area contributed by atoms with Crippen molar-refractivity contribution in [2.45, 2.75) is 52.3 Å². The van der Waals surface area contributed by atoms with E-state index in [9.17, 15) is 13.6 Å². The molecule has 0 fully saturated rings. The molecule has 0 amide bonds. The topological polar surface area (TPSA) is 58.6 Å². The summed E-state index contributed by atoms with van der Waals surface area (Å²) in [6, 6.07) is 13.5. The summed E-state index contributed by atoms with van der Waals surface area (Å²) in [5.74, 6) is -0.615. The monoisotopic (exact) mass is 377 g/mol. The quantitative estimate of drug-likeness (QED) is 0.641. The van der Waals surface area contributed by atoms with Crippen LogP contribution in [0.25, 0.3) is 0 Å².